The van der Waals surface area contributed by atoms with Gasteiger partial charge in [0, 0.05) is 10.9 Å². The molecule has 28 heavy (non-hydrogen) atoms. The van der Waals surface area contributed by atoms with Gasteiger partial charge in [-0.3, -0.25) is 9.59 Å². The minimum Gasteiger partial charge on any atom is -0.492 e. The second kappa shape index (κ2) is 8.61. The Kier molecular flexibility index (Phi) is 5.99. The minimum atomic E-state index is -0.942. The number of para-hydroxylation sites is 2. The number of rotatable bonds is 7. The average Bonchev–Trinajstić information content (AvgIpc) is 3.05. The number of aryl methyl sites for hydroxylation is 1. The van der Waals surface area contributed by atoms with E-state index in [1.807, 2.05) is 38.1 Å². The largest absolute Gasteiger partial charge is 0.492 e. The Balaban J connectivity index is 1.61. The molecule has 0 saturated carbocycles. The van der Waals surface area contributed by atoms with Crippen molar-refractivity contribution in [2.75, 3.05) is 11.9 Å². The second-order valence-corrected chi connectivity index (χ2v) is 6.49. The van der Waals surface area contributed by atoms with E-state index in [0.29, 0.717) is 18.0 Å². The number of amides is 1. The molecular formula is C22H23NO5. The number of fused-ring (bicyclic) bond motifs is 1. The number of nitrogens with one attached hydrogen (secondary N) is 1. The molecule has 1 aromatic heterocycles. The van der Waals surface area contributed by atoms with Crippen molar-refractivity contribution in [1.29, 1.82) is 0 Å². The molecule has 0 spiro atoms. The van der Waals surface area contributed by atoms with E-state index in [1.54, 1.807) is 24.5 Å². The van der Waals surface area contributed by atoms with Gasteiger partial charge in [-0.05, 0) is 44.5 Å². The van der Waals surface area contributed by atoms with Crippen LogP contribution in [0.2, 0.25) is 0 Å². The van der Waals surface area contributed by atoms with Gasteiger partial charge in [0.05, 0.1) is 25.0 Å². The normalized spacial score (nSPS) is 11.8. The smallest absolute Gasteiger partial charge is 0.311 e. The van der Waals surface area contributed by atoms with E-state index in [4.69, 9.17) is 13.9 Å². The summed E-state index contributed by atoms with van der Waals surface area (Å²) in [7, 11) is 0. The third-order valence-electron chi connectivity index (χ3n) is 4.27. The molecule has 0 radical (unpaired) electrons. The summed E-state index contributed by atoms with van der Waals surface area (Å²) in [4.78, 5) is 24.7. The van der Waals surface area contributed by atoms with E-state index in [9.17, 15) is 9.59 Å². The molecule has 1 atom stereocenters. The maximum absolute atomic E-state index is 12.4. The highest BCUT2D eigenvalue weighted by Gasteiger charge is 2.20. The fourth-order valence-electron chi connectivity index (χ4n) is 2.86. The van der Waals surface area contributed by atoms with Crippen LogP contribution in [-0.4, -0.2) is 24.6 Å². The van der Waals surface area contributed by atoms with Gasteiger partial charge in [0.2, 0.25) is 0 Å². The van der Waals surface area contributed by atoms with Gasteiger partial charge in [0.25, 0.3) is 5.91 Å². The summed E-state index contributed by atoms with van der Waals surface area (Å²) < 4.78 is 16.3. The molecule has 6 heteroatoms. The number of carbonyl (C=O) groups is 2. The molecule has 1 N–H and O–H groups in total. The zero-order valence-electron chi connectivity index (χ0n) is 16.2. The van der Waals surface area contributed by atoms with Crippen LogP contribution < -0.4 is 10.1 Å². The lowest BCUT2D eigenvalue weighted by molar-refractivity contribution is -0.152. The van der Waals surface area contributed by atoms with E-state index in [0.717, 1.165) is 22.1 Å². The van der Waals surface area contributed by atoms with E-state index >= 15 is 0 Å². The summed E-state index contributed by atoms with van der Waals surface area (Å²) in [5, 5.41) is 3.60. The number of hydrogen-bond donors (Lipinski definition) is 1. The average molecular weight is 381 g/mol. The van der Waals surface area contributed by atoms with Crippen molar-refractivity contribution in [3.8, 4) is 5.75 Å². The summed E-state index contributed by atoms with van der Waals surface area (Å²) >= 11 is 0. The fraction of sp³-hybridized carbons (Fsp3) is 0.273. The van der Waals surface area contributed by atoms with Crippen molar-refractivity contribution in [3.05, 3.63) is 59.9 Å². The number of hydrogen-bond acceptors (Lipinski definition) is 5. The van der Waals surface area contributed by atoms with Crippen molar-refractivity contribution in [1.82, 2.24) is 0 Å². The predicted molar refractivity (Wildman–Crippen MR) is 106 cm³/mol. The molecule has 3 aromatic rings. The highest BCUT2D eigenvalue weighted by atomic mass is 16.5. The van der Waals surface area contributed by atoms with Crippen molar-refractivity contribution in [3.63, 3.8) is 0 Å². The Morgan fingerprint density at radius 3 is 2.75 bits per heavy atom. The molecule has 0 aliphatic carbocycles. The van der Waals surface area contributed by atoms with Gasteiger partial charge in [0.1, 0.15) is 11.3 Å². The summed E-state index contributed by atoms with van der Waals surface area (Å²) in [5.41, 5.74) is 3.07. The van der Waals surface area contributed by atoms with E-state index in [-0.39, 0.29) is 6.42 Å². The predicted octanol–water partition coefficient (Wildman–Crippen LogP) is 4.25. The van der Waals surface area contributed by atoms with Crippen LogP contribution >= 0.6 is 0 Å². The van der Waals surface area contributed by atoms with Gasteiger partial charge in [-0.1, -0.05) is 24.3 Å². The molecule has 3 rings (SSSR count). The zero-order chi connectivity index (χ0) is 20.1. The van der Waals surface area contributed by atoms with E-state index < -0.39 is 18.0 Å². The molecule has 0 fully saturated rings. The first-order chi connectivity index (χ1) is 13.5. The Morgan fingerprint density at radius 2 is 1.96 bits per heavy atom. The Bertz CT molecular complexity index is 992. The monoisotopic (exact) mass is 381 g/mol. The molecule has 1 heterocycles. The van der Waals surface area contributed by atoms with Gasteiger partial charge < -0.3 is 19.2 Å². The first-order valence-corrected chi connectivity index (χ1v) is 9.16. The summed E-state index contributed by atoms with van der Waals surface area (Å²) in [5.74, 6) is -0.353. The number of anilines is 1. The Hall–Kier alpha value is -3.28. The van der Waals surface area contributed by atoms with Crippen LogP contribution in [0.3, 0.4) is 0 Å². The van der Waals surface area contributed by atoms with Gasteiger partial charge in [-0.25, -0.2) is 0 Å². The third-order valence-corrected chi connectivity index (χ3v) is 4.27. The van der Waals surface area contributed by atoms with Crippen molar-refractivity contribution >= 4 is 28.5 Å². The van der Waals surface area contributed by atoms with Gasteiger partial charge in [-0.2, -0.15) is 0 Å². The van der Waals surface area contributed by atoms with Crippen molar-refractivity contribution in [2.45, 2.75) is 33.3 Å². The number of ether oxygens (including phenoxy) is 2. The number of furan rings is 1. The van der Waals surface area contributed by atoms with Crippen molar-refractivity contribution < 1.29 is 23.5 Å². The first kappa shape index (κ1) is 19.5. The highest BCUT2D eigenvalue weighted by Crippen LogP contribution is 2.25. The lowest BCUT2D eigenvalue weighted by Crippen LogP contribution is -2.30. The Morgan fingerprint density at radius 1 is 1.18 bits per heavy atom. The van der Waals surface area contributed by atoms with Gasteiger partial charge >= 0.3 is 5.97 Å². The first-order valence-electron chi connectivity index (χ1n) is 9.16. The molecule has 6 nitrogen and oxygen atoms in total. The van der Waals surface area contributed by atoms with Crippen LogP contribution in [0.5, 0.6) is 5.75 Å². The molecule has 0 unspecified atom stereocenters. The maximum Gasteiger partial charge on any atom is 0.311 e. The van der Waals surface area contributed by atoms with Crippen LogP contribution in [0, 0.1) is 6.92 Å². The maximum atomic E-state index is 12.4. The summed E-state index contributed by atoms with van der Waals surface area (Å²) in [6, 6.07) is 12.9. The summed E-state index contributed by atoms with van der Waals surface area (Å²) in [6.45, 7) is 5.85. The molecule has 2 aromatic carbocycles. The van der Waals surface area contributed by atoms with Gasteiger partial charge in [0.15, 0.2) is 6.10 Å². The molecule has 0 saturated heterocycles. The zero-order valence-corrected chi connectivity index (χ0v) is 16.2. The lowest BCUT2D eigenvalue weighted by atomic mass is 10.1. The number of esters is 1. The Labute approximate surface area is 163 Å². The van der Waals surface area contributed by atoms with Crippen LogP contribution in [0.25, 0.3) is 11.0 Å². The lowest BCUT2D eigenvalue weighted by Gasteiger charge is -2.15. The van der Waals surface area contributed by atoms with E-state index in [1.165, 1.54) is 6.92 Å². The molecule has 146 valence electrons. The molecular weight excluding hydrogens is 358 g/mol. The minimum absolute atomic E-state index is 0.0310. The van der Waals surface area contributed by atoms with E-state index in [2.05, 4.69) is 5.32 Å². The number of benzene rings is 2. The summed E-state index contributed by atoms with van der Waals surface area (Å²) in [6.07, 6.45) is 0.639. The van der Waals surface area contributed by atoms with Crippen molar-refractivity contribution in [2.24, 2.45) is 0 Å². The molecule has 0 aliphatic rings. The van der Waals surface area contributed by atoms with Crippen LogP contribution in [0.4, 0.5) is 5.69 Å². The van der Waals surface area contributed by atoms with Crippen LogP contribution in [0.15, 0.2) is 53.1 Å². The van der Waals surface area contributed by atoms with Crippen LogP contribution in [-0.2, 0) is 20.7 Å². The standard InChI is InChI=1S/C22H23NO5/c1-4-26-19-8-6-5-7-18(19)23-22(25)15(3)28-21(24)12-16-13-27-20-11-14(2)9-10-17(16)20/h5-11,13,15H,4,12H2,1-3H3,(H,23,25)/t15-/m1/s1. The highest BCUT2D eigenvalue weighted by molar-refractivity contribution is 5.96. The third kappa shape index (κ3) is 4.52. The molecule has 1 amide bonds. The quantitative estimate of drug-likeness (QED) is 0.619. The molecule has 0 bridgehead atoms. The SMILES string of the molecule is CCOc1ccccc1NC(=O)[C@@H](C)OC(=O)Cc1coc2cc(C)ccc12. The van der Waals surface area contributed by atoms with Gasteiger partial charge in [-0.15, -0.1) is 0 Å². The number of carbonyl (C=O) groups excluding carboxylic acids is 2. The second-order valence-electron chi connectivity index (χ2n) is 6.49. The topological polar surface area (TPSA) is 77.8 Å². The fourth-order valence-corrected chi connectivity index (χ4v) is 2.86. The molecule has 0 aliphatic heterocycles. The van der Waals surface area contributed by atoms with Crippen LogP contribution in [0.1, 0.15) is 25.0 Å².